The Hall–Kier alpha value is -2.10. The van der Waals surface area contributed by atoms with E-state index in [9.17, 15) is 0 Å². The predicted octanol–water partition coefficient (Wildman–Crippen LogP) is 5.79. The van der Waals surface area contributed by atoms with Gasteiger partial charge in [-0.3, -0.25) is 9.88 Å². The average molecular weight is 352 g/mol. The molecule has 2 heterocycles. The van der Waals surface area contributed by atoms with Crippen LogP contribution in [0.5, 0.6) is 0 Å². The lowest BCUT2D eigenvalue weighted by Crippen LogP contribution is -2.23. The van der Waals surface area contributed by atoms with Gasteiger partial charge in [-0.1, -0.05) is 23.7 Å². The highest BCUT2D eigenvalue weighted by Crippen LogP contribution is 2.30. The summed E-state index contributed by atoms with van der Waals surface area (Å²) in [4.78, 5) is 6.97. The summed E-state index contributed by atoms with van der Waals surface area (Å²) in [7, 11) is 0. The Balaban J connectivity index is 1.62. The zero-order valence-corrected chi connectivity index (χ0v) is 15.1. The topological polar surface area (TPSA) is 28.2 Å². The van der Waals surface area contributed by atoms with Gasteiger partial charge in [0.1, 0.15) is 0 Å². The van der Waals surface area contributed by atoms with Crippen LogP contribution in [0.15, 0.2) is 54.7 Å². The molecule has 1 aliphatic heterocycles. The Labute approximate surface area is 153 Å². The molecule has 0 radical (unpaired) electrons. The molecular formula is C21H22ClN3. The Bertz CT molecular complexity index is 887. The van der Waals surface area contributed by atoms with Crippen molar-refractivity contribution in [1.82, 2.24) is 9.88 Å². The van der Waals surface area contributed by atoms with Crippen molar-refractivity contribution < 1.29 is 0 Å². The third-order valence-corrected chi connectivity index (χ3v) is 5.28. The highest BCUT2D eigenvalue weighted by Gasteiger charge is 2.19. The number of hydrogen-bond donors (Lipinski definition) is 1. The van der Waals surface area contributed by atoms with Crippen molar-refractivity contribution in [3.8, 4) is 0 Å². The first kappa shape index (κ1) is 16.4. The zero-order chi connectivity index (χ0) is 17.2. The number of hydrogen-bond acceptors (Lipinski definition) is 3. The van der Waals surface area contributed by atoms with E-state index >= 15 is 0 Å². The predicted molar refractivity (Wildman–Crippen MR) is 106 cm³/mol. The third kappa shape index (κ3) is 3.48. The molecule has 4 heteroatoms. The van der Waals surface area contributed by atoms with Gasteiger partial charge in [-0.15, -0.1) is 0 Å². The second-order valence-electron chi connectivity index (χ2n) is 6.69. The van der Waals surface area contributed by atoms with E-state index < -0.39 is 0 Å². The molecular weight excluding hydrogens is 330 g/mol. The fourth-order valence-corrected chi connectivity index (χ4v) is 3.77. The smallest absolute Gasteiger partial charge is 0.0737 e. The van der Waals surface area contributed by atoms with Crippen molar-refractivity contribution in [1.29, 1.82) is 0 Å². The second kappa shape index (κ2) is 7.03. The lowest BCUT2D eigenvalue weighted by atomic mass is 10.1. The van der Waals surface area contributed by atoms with Gasteiger partial charge < -0.3 is 5.32 Å². The lowest BCUT2D eigenvalue weighted by molar-refractivity contribution is 0.263. The van der Waals surface area contributed by atoms with Gasteiger partial charge in [-0.2, -0.15) is 0 Å². The van der Waals surface area contributed by atoms with E-state index in [4.69, 9.17) is 11.6 Å². The van der Waals surface area contributed by atoms with Crippen LogP contribution in [0.25, 0.3) is 10.9 Å². The van der Waals surface area contributed by atoms with E-state index in [1.165, 1.54) is 31.5 Å². The van der Waals surface area contributed by atoms with Gasteiger partial charge in [-0.05, 0) is 74.8 Å². The quantitative estimate of drug-likeness (QED) is 0.645. The van der Waals surface area contributed by atoms with Crippen molar-refractivity contribution in [3.63, 3.8) is 0 Å². The molecule has 2 aromatic carbocycles. The van der Waals surface area contributed by atoms with E-state index in [0.717, 1.165) is 22.3 Å². The zero-order valence-electron chi connectivity index (χ0n) is 14.4. The summed E-state index contributed by atoms with van der Waals surface area (Å²) in [5.41, 5.74) is 4.41. The van der Waals surface area contributed by atoms with Gasteiger partial charge >= 0.3 is 0 Å². The molecule has 1 atom stereocenters. The molecule has 1 fully saturated rings. The SMILES string of the molecule is C[C@H](c1cccc(Nc2ccnc3cc(Cl)ccc23)c1)N1CCCC1. The maximum Gasteiger partial charge on any atom is 0.0737 e. The van der Waals surface area contributed by atoms with Crippen LogP contribution in [-0.2, 0) is 0 Å². The first-order valence-corrected chi connectivity index (χ1v) is 9.24. The molecule has 1 saturated heterocycles. The number of benzene rings is 2. The number of halogens is 1. The van der Waals surface area contributed by atoms with Crippen LogP contribution in [0.2, 0.25) is 5.02 Å². The van der Waals surface area contributed by atoms with Gasteiger partial charge in [0.2, 0.25) is 0 Å². The number of aromatic nitrogens is 1. The molecule has 0 spiro atoms. The minimum Gasteiger partial charge on any atom is -0.355 e. The monoisotopic (exact) mass is 351 g/mol. The highest BCUT2D eigenvalue weighted by molar-refractivity contribution is 6.31. The molecule has 3 aromatic rings. The highest BCUT2D eigenvalue weighted by atomic mass is 35.5. The summed E-state index contributed by atoms with van der Waals surface area (Å²) in [5, 5.41) is 5.33. The number of pyridine rings is 1. The first-order valence-electron chi connectivity index (χ1n) is 8.86. The summed E-state index contributed by atoms with van der Waals surface area (Å²) in [6.45, 7) is 4.71. The second-order valence-corrected chi connectivity index (χ2v) is 7.13. The van der Waals surface area contributed by atoms with Crippen LogP contribution >= 0.6 is 11.6 Å². The number of rotatable bonds is 4. The van der Waals surface area contributed by atoms with E-state index in [2.05, 4.69) is 46.4 Å². The summed E-state index contributed by atoms with van der Waals surface area (Å²) < 4.78 is 0. The van der Waals surface area contributed by atoms with E-state index in [1.54, 1.807) is 0 Å². The maximum atomic E-state index is 6.08. The normalized spacial score (nSPS) is 16.2. The van der Waals surface area contributed by atoms with Crippen molar-refractivity contribution in [3.05, 3.63) is 65.3 Å². The minimum absolute atomic E-state index is 0.456. The van der Waals surface area contributed by atoms with Crippen LogP contribution in [0.1, 0.15) is 31.4 Å². The minimum atomic E-state index is 0.456. The van der Waals surface area contributed by atoms with Gasteiger partial charge in [0.15, 0.2) is 0 Å². The summed E-state index contributed by atoms with van der Waals surface area (Å²) >= 11 is 6.08. The molecule has 0 aliphatic carbocycles. The summed E-state index contributed by atoms with van der Waals surface area (Å²) in [6.07, 6.45) is 4.44. The third-order valence-electron chi connectivity index (χ3n) is 5.04. The van der Waals surface area contributed by atoms with Crippen LogP contribution in [0.4, 0.5) is 11.4 Å². The molecule has 25 heavy (non-hydrogen) atoms. The van der Waals surface area contributed by atoms with E-state index in [1.807, 2.05) is 30.5 Å². The molecule has 0 saturated carbocycles. The average Bonchev–Trinajstić information content (AvgIpc) is 3.16. The lowest BCUT2D eigenvalue weighted by Gasteiger charge is -2.24. The van der Waals surface area contributed by atoms with Crippen molar-refractivity contribution >= 4 is 33.9 Å². The number of nitrogens with zero attached hydrogens (tertiary/aromatic N) is 2. The maximum absolute atomic E-state index is 6.08. The standard InChI is InChI=1S/C21H22ClN3/c1-15(25-11-2-3-12-25)16-5-4-6-18(13-16)24-20-9-10-23-21-14-17(22)7-8-19(20)21/h4-10,13-15H,2-3,11-12H2,1H3,(H,23,24)/t15-/m1/s1. The van der Waals surface area contributed by atoms with Gasteiger partial charge in [0.05, 0.1) is 5.52 Å². The molecule has 3 nitrogen and oxygen atoms in total. The Morgan fingerprint density at radius 1 is 1.08 bits per heavy atom. The molecule has 1 N–H and O–H groups in total. The molecule has 1 aliphatic rings. The Kier molecular flexibility index (Phi) is 4.60. The molecule has 1 aromatic heterocycles. The van der Waals surface area contributed by atoms with Crippen molar-refractivity contribution in [2.45, 2.75) is 25.8 Å². The van der Waals surface area contributed by atoms with Crippen LogP contribution < -0.4 is 5.32 Å². The molecule has 128 valence electrons. The van der Waals surface area contributed by atoms with E-state index in [-0.39, 0.29) is 0 Å². The number of likely N-dealkylation sites (tertiary alicyclic amines) is 1. The number of nitrogens with one attached hydrogen (secondary N) is 1. The summed E-state index contributed by atoms with van der Waals surface area (Å²) in [6, 6.07) is 17.0. The van der Waals surface area contributed by atoms with Crippen molar-refractivity contribution in [2.75, 3.05) is 18.4 Å². The Morgan fingerprint density at radius 3 is 2.76 bits per heavy atom. The fourth-order valence-electron chi connectivity index (χ4n) is 3.60. The molecule has 0 amide bonds. The first-order chi connectivity index (χ1) is 12.2. The molecule has 4 rings (SSSR count). The van der Waals surface area contributed by atoms with Crippen LogP contribution in [-0.4, -0.2) is 23.0 Å². The van der Waals surface area contributed by atoms with E-state index in [0.29, 0.717) is 11.1 Å². The number of fused-ring (bicyclic) bond motifs is 1. The van der Waals surface area contributed by atoms with Gasteiger partial charge in [0, 0.05) is 34.0 Å². The van der Waals surface area contributed by atoms with Crippen LogP contribution in [0, 0.1) is 0 Å². The van der Waals surface area contributed by atoms with Gasteiger partial charge in [0.25, 0.3) is 0 Å². The largest absolute Gasteiger partial charge is 0.355 e. The summed E-state index contributed by atoms with van der Waals surface area (Å²) in [5.74, 6) is 0. The fraction of sp³-hybridized carbons (Fsp3) is 0.286. The molecule has 0 bridgehead atoms. The van der Waals surface area contributed by atoms with Gasteiger partial charge in [-0.25, -0.2) is 0 Å². The van der Waals surface area contributed by atoms with Crippen LogP contribution in [0.3, 0.4) is 0 Å². The molecule has 0 unspecified atom stereocenters. The number of anilines is 2. The Morgan fingerprint density at radius 2 is 1.92 bits per heavy atom. The van der Waals surface area contributed by atoms with Crippen molar-refractivity contribution in [2.24, 2.45) is 0 Å².